The highest BCUT2D eigenvalue weighted by Gasteiger charge is 2.31. The number of nitrogens with zero attached hydrogens (tertiary/aromatic N) is 1. The molecule has 0 unspecified atom stereocenters. The highest BCUT2D eigenvalue weighted by atomic mass is 35.5. The minimum Gasteiger partial charge on any atom is -0.484 e. The lowest BCUT2D eigenvalue weighted by atomic mass is 10.1. The van der Waals surface area contributed by atoms with Crippen LogP contribution in [0.15, 0.2) is 77.7 Å². The van der Waals surface area contributed by atoms with Crippen LogP contribution in [-0.4, -0.2) is 27.5 Å². The van der Waals surface area contributed by atoms with Crippen LogP contribution < -0.4 is 14.4 Å². The van der Waals surface area contributed by atoms with Gasteiger partial charge in [0, 0.05) is 17.3 Å². The normalized spacial score (nSPS) is 13.0. The number of carbonyl (C=O) groups excluding carboxylic acids is 1. The van der Waals surface area contributed by atoms with Gasteiger partial charge in [-0.05, 0) is 60.5 Å². The van der Waals surface area contributed by atoms with E-state index in [1.807, 2.05) is 24.3 Å². The number of sulfonamides is 1. The summed E-state index contributed by atoms with van der Waals surface area (Å²) in [6.45, 7) is 0.197. The summed E-state index contributed by atoms with van der Waals surface area (Å²) in [4.78, 5) is 12.4. The third-order valence-electron chi connectivity index (χ3n) is 4.74. The van der Waals surface area contributed by atoms with Crippen molar-refractivity contribution in [1.82, 2.24) is 0 Å². The van der Waals surface area contributed by atoms with Crippen molar-refractivity contribution in [3.63, 3.8) is 0 Å². The fraction of sp³-hybridized carbons (Fsp3) is 0.136. The minimum absolute atomic E-state index is 0.145. The van der Waals surface area contributed by atoms with Crippen LogP contribution in [0.5, 0.6) is 5.75 Å². The number of nitrogens with one attached hydrogen (secondary N) is 1. The zero-order chi connectivity index (χ0) is 21.1. The molecule has 4 rings (SSSR count). The first kappa shape index (κ1) is 20.3. The zero-order valence-electron chi connectivity index (χ0n) is 15.9. The third kappa shape index (κ3) is 4.27. The van der Waals surface area contributed by atoms with Gasteiger partial charge in [-0.1, -0.05) is 35.9 Å². The van der Waals surface area contributed by atoms with Gasteiger partial charge in [0.1, 0.15) is 5.75 Å². The number of benzene rings is 3. The standard InChI is InChI=1S/C22H19ClN2O4S/c23-17-7-10-20(11-8-17)30(27,28)25-13-12-16-6-9-18(14-21(16)25)24-22(26)15-29-19-4-2-1-3-5-19/h1-11,14H,12-13,15H2,(H,24,26). The van der Waals surface area contributed by atoms with Crippen LogP contribution in [0.3, 0.4) is 0 Å². The summed E-state index contributed by atoms with van der Waals surface area (Å²) in [6.07, 6.45) is 0.605. The number of para-hydroxylation sites is 1. The molecule has 1 N–H and O–H groups in total. The van der Waals surface area contributed by atoms with Crippen LogP contribution in [0.25, 0.3) is 0 Å². The number of amides is 1. The quantitative estimate of drug-likeness (QED) is 0.623. The van der Waals surface area contributed by atoms with Gasteiger partial charge in [-0.25, -0.2) is 8.42 Å². The van der Waals surface area contributed by atoms with E-state index in [1.54, 1.807) is 36.4 Å². The molecule has 1 aliphatic heterocycles. The SMILES string of the molecule is O=C(COc1ccccc1)Nc1ccc2c(c1)N(S(=O)(=O)c1ccc(Cl)cc1)CC2. The first-order valence-electron chi connectivity index (χ1n) is 9.32. The lowest BCUT2D eigenvalue weighted by Gasteiger charge is -2.20. The second-order valence-corrected chi connectivity index (χ2v) is 9.07. The van der Waals surface area contributed by atoms with Gasteiger partial charge in [-0.15, -0.1) is 0 Å². The number of anilines is 2. The van der Waals surface area contributed by atoms with Crippen LogP contribution in [-0.2, 0) is 21.2 Å². The monoisotopic (exact) mass is 442 g/mol. The molecule has 0 saturated heterocycles. The Morgan fingerprint density at radius 1 is 1.03 bits per heavy atom. The van der Waals surface area contributed by atoms with E-state index in [0.717, 1.165) is 5.56 Å². The highest BCUT2D eigenvalue weighted by molar-refractivity contribution is 7.92. The predicted octanol–water partition coefficient (Wildman–Crippen LogP) is 4.11. The molecule has 1 aliphatic rings. The molecule has 154 valence electrons. The smallest absolute Gasteiger partial charge is 0.264 e. The van der Waals surface area contributed by atoms with Gasteiger partial charge in [0.05, 0.1) is 10.6 Å². The number of hydrogen-bond donors (Lipinski definition) is 1. The molecule has 6 nitrogen and oxygen atoms in total. The van der Waals surface area contributed by atoms with E-state index in [9.17, 15) is 13.2 Å². The highest BCUT2D eigenvalue weighted by Crippen LogP contribution is 2.35. The van der Waals surface area contributed by atoms with Gasteiger partial charge in [0.2, 0.25) is 0 Å². The molecule has 0 fully saturated rings. The summed E-state index contributed by atoms with van der Waals surface area (Å²) in [7, 11) is -3.72. The Hall–Kier alpha value is -3.03. The van der Waals surface area contributed by atoms with Gasteiger partial charge in [-0.3, -0.25) is 9.10 Å². The van der Waals surface area contributed by atoms with Gasteiger partial charge >= 0.3 is 0 Å². The van der Waals surface area contributed by atoms with Crippen molar-refractivity contribution in [2.45, 2.75) is 11.3 Å². The van der Waals surface area contributed by atoms with E-state index in [4.69, 9.17) is 16.3 Å². The molecule has 0 bridgehead atoms. The largest absolute Gasteiger partial charge is 0.484 e. The Balaban J connectivity index is 1.50. The van der Waals surface area contributed by atoms with E-state index < -0.39 is 10.0 Å². The van der Waals surface area contributed by atoms with Crippen LogP contribution in [0, 0.1) is 0 Å². The summed E-state index contributed by atoms with van der Waals surface area (Å²) in [5.74, 6) is 0.269. The summed E-state index contributed by atoms with van der Waals surface area (Å²) in [5, 5.41) is 3.23. The Morgan fingerprint density at radius 2 is 1.77 bits per heavy atom. The number of ether oxygens (including phenoxy) is 1. The van der Waals surface area contributed by atoms with Gasteiger partial charge < -0.3 is 10.1 Å². The molecule has 0 aromatic heterocycles. The van der Waals surface area contributed by atoms with Gasteiger partial charge in [0.25, 0.3) is 15.9 Å². The maximum absolute atomic E-state index is 13.1. The fourth-order valence-corrected chi connectivity index (χ4v) is 4.89. The summed E-state index contributed by atoms with van der Waals surface area (Å²) >= 11 is 5.88. The average Bonchev–Trinajstić information content (AvgIpc) is 3.17. The molecule has 1 amide bonds. The van der Waals surface area contributed by atoms with Gasteiger partial charge in [0.15, 0.2) is 6.61 Å². The van der Waals surface area contributed by atoms with Crippen molar-refractivity contribution in [3.05, 3.63) is 83.4 Å². The Morgan fingerprint density at radius 3 is 2.50 bits per heavy atom. The van der Waals surface area contributed by atoms with Crippen LogP contribution >= 0.6 is 11.6 Å². The molecule has 0 radical (unpaired) electrons. The summed E-state index contributed by atoms with van der Waals surface area (Å²) < 4.78 is 33.0. The number of rotatable bonds is 6. The van der Waals surface area contributed by atoms with Crippen LogP contribution in [0.2, 0.25) is 5.02 Å². The molecule has 3 aromatic rings. The first-order chi connectivity index (χ1) is 14.4. The maximum atomic E-state index is 13.1. The van der Waals surface area contributed by atoms with Crippen LogP contribution in [0.1, 0.15) is 5.56 Å². The number of fused-ring (bicyclic) bond motifs is 1. The van der Waals surface area contributed by atoms with E-state index >= 15 is 0 Å². The molecule has 3 aromatic carbocycles. The molecule has 0 saturated carbocycles. The molecule has 8 heteroatoms. The third-order valence-corrected chi connectivity index (χ3v) is 6.82. The predicted molar refractivity (Wildman–Crippen MR) is 117 cm³/mol. The lowest BCUT2D eigenvalue weighted by molar-refractivity contribution is -0.118. The molecule has 0 aliphatic carbocycles. The Kier molecular flexibility index (Phi) is 5.65. The first-order valence-corrected chi connectivity index (χ1v) is 11.1. The van der Waals surface area contributed by atoms with Crippen LogP contribution in [0.4, 0.5) is 11.4 Å². The fourth-order valence-electron chi connectivity index (χ4n) is 3.27. The topological polar surface area (TPSA) is 75.7 Å². The van der Waals surface area contributed by atoms with E-state index in [0.29, 0.717) is 35.1 Å². The Bertz CT molecular complexity index is 1170. The summed E-state index contributed by atoms with van der Waals surface area (Å²) in [5.41, 5.74) is 1.98. The average molecular weight is 443 g/mol. The van der Waals surface area contributed by atoms with Crippen molar-refractivity contribution in [2.24, 2.45) is 0 Å². The Labute approximate surface area is 180 Å². The molecular formula is C22H19ClN2O4S. The minimum atomic E-state index is -3.72. The lowest BCUT2D eigenvalue weighted by Crippen LogP contribution is -2.29. The molecule has 30 heavy (non-hydrogen) atoms. The molecular weight excluding hydrogens is 424 g/mol. The number of hydrogen-bond acceptors (Lipinski definition) is 4. The van der Waals surface area contributed by atoms with Crippen molar-refractivity contribution in [3.8, 4) is 5.75 Å². The molecule has 0 spiro atoms. The van der Waals surface area contributed by atoms with Crippen molar-refractivity contribution in [1.29, 1.82) is 0 Å². The van der Waals surface area contributed by atoms with Crippen molar-refractivity contribution < 1.29 is 17.9 Å². The number of carbonyl (C=O) groups is 1. The van der Waals surface area contributed by atoms with Gasteiger partial charge in [-0.2, -0.15) is 0 Å². The van der Waals surface area contributed by atoms with Crippen molar-refractivity contribution in [2.75, 3.05) is 22.8 Å². The van der Waals surface area contributed by atoms with E-state index in [2.05, 4.69) is 5.32 Å². The van der Waals surface area contributed by atoms with E-state index in [-0.39, 0.29) is 17.4 Å². The zero-order valence-corrected chi connectivity index (χ0v) is 17.5. The maximum Gasteiger partial charge on any atom is 0.264 e. The molecule has 0 atom stereocenters. The summed E-state index contributed by atoms with van der Waals surface area (Å²) in [6, 6.07) is 20.4. The van der Waals surface area contributed by atoms with Crippen molar-refractivity contribution >= 4 is 38.9 Å². The van der Waals surface area contributed by atoms with E-state index in [1.165, 1.54) is 16.4 Å². The number of halogens is 1. The second kappa shape index (κ2) is 8.38. The molecule has 1 heterocycles. The second-order valence-electron chi connectivity index (χ2n) is 6.77.